The lowest BCUT2D eigenvalue weighted by Crippen LogP contribution is -2.35. The zero-order valence-corrected chi connectivity index (χ0v) is 13.4. The molecule has 0 aromatic heterocycles. The highest BCUT2D eigenvalue weighted by atomic mass is 16.5. The van der Waals surface area contributed by atoms with Gasteiger partial charge in [-0.25, -0.2) is 0 Å². The number of benzene rings is 1. The molecule has 1 aliphatic heterocycles. The molecule has 2 heteroatoms. The van der Waals surface area contributed by atoms with Crippen molar-refractivity contribution in [1.29, 1.82) is 0 Å². The van der Waals surface area contributed by atoms with Gasteiger partial charge in [-0.3, -0.25) is 0 Å². The molecule has 1 aromatic rings. The van der Waals surface area contributed by atoms with Gasteiger partial charge in [-0.1, -0.05) is 52.0 Å². The molecule has 0 radical (unpaired) electrons. The van der Waals surface area contributed by atoms with Gasteiger partial charge in [0.05, 0.1) is 6.10 Å². The van der Waals surface area contributed by atoms with Gasteiger partial charge in [-0.05, 0) is 29.9 Å². The maximum absolute atomic E-state index is 6.07. The summed E-state index contributed by atoms with van der Waals surface area (Å²) in [5.41, 5.74) is 2.74. The normalized spacial score (nSPS) is 23.5. The standard InChI is InChI=1S/C18H29NO/c1-13(2)15-7-9-16(10-8-15)18-17(6-5-11-20-18)12-19-14(3)4/h7-10,13-14,17-19H,5-6,11-12H2,1-4H3. The molecule has 1 heterocycles. The van der Waals surface area contributed by atoms with Gasteiger partial charge >= 0.3 is 0 Å². The van der Waals surface area contributed by atoms with Gasteiger partial charge in [0.15, 0.2) is 0 Å². The molecule has 1 N–H and O–H groups in total. The lowest BCUT2D eigenvalue weighted by Gasteiger charge is -2.33. The summed E-state index contributed by atoms with van der Waals surface area (Å²) >= 11 is 0. The topological polar surface area (TPSA) is 21.3 Å². The fourth-order valence-electron chi connectivity index (χ4n) is 2.88. The summed E-state index contributed by atoms with van der Waals surface area (Å²) < 4.78 is 6.07. The zero-order valence-electron chi connectivity index (χ0n) is 13.4. The quantitative estimate of drug-likeness (QED) is 0.866. The summed E-state index contributed by atoms with van der Waals surface area (Å²) in [6.07, 6.45) is 2.71. The molecule has 2 unspecified atom stereocenters. The van der Waals surface area contributed by atoms with Gasteiger partial charge in [0.1, 0.15) is 0 Å². The third-order valence-corrected chi connectivity index (χ3v) is 4.16. The van der Waals surface area contributed by atoms with Crippen molar-refractivity contribution in [2.24, 2.45) is 5.92 Å². The predicted molar refractivity (Wildman–Crippen MR) is 85.1 cm³/mol. The van der Waals surface area contributed by atoms with Gasteiger partial charge in [0.2, 0.25) is 0 Å². The van der Waals surface area contributed by atoms with Crippen LogP contribution >= 0.6 is 0 Å². The molecule has 2 atom stereocenters. The van der Waals surface area contributed by atoms with E-state index in [1.807, 2.05) is 0 Å². The number of ether oxygens (including phenoxy) is 1. The van der Waals surface area contributed by atoms with Crippen LogP contribution in [0.5, 0.6) is 0 Å². The van der Waals surface area contributed by atoms with Crippen LogP contribution in [0.1, 0.15) is 63.7 Å². The lowest BCUT2D eigenvalue weighted by atomic mass is 9.88. The summed E-state index contributed by atoms with van der Waals surface area (Å²) in [6, 6.07) is 9.57. The van der Waals surface area contributed by atoms with Crippen molar-refractivity contribution in [3.8, 4) is 0 Å². The summed E-state index contributed by atoms with van der Waals surface area (Å²) in [4.78, 5) is 0. The molecule has 112 valence electrons. The number of hydrogen-bond donors (Lipinski definition) is 1. The minimum absolute atomic E-state index is 0.260. The molecular weight excluding hydrogens is 246 g/mol. The first-order chi connectivity index (χ1) is 9.58. The van der Waals surface area contributed by atoms with Crippen LogP contribution in [0.2, 0.25) is 0 Å². The van der Waals surface area contributed by atoms with Crippen molar-refractivity contribution in [3.63, 3.8) is 0 Å². The highest BCUT2D eigenvalue weighted by Gasteiger charge is 2.27. The second-order valence-electron chi connectivity index (χ2n) is 6.58. The maximum Gasteiger partial charge on any atom is 0.0865 e. The first-order valence-electron chi connectivity index (χ1n) is 8.02. The zero-order chi connectivity index (χ0) is 14.5. The van der Waals surface area contributed by atoms with Crippen molar-refractivity contribution < 1.29 is 4.74 Å². The summed E-state index contributed by atoms with van der Waals surface area (Å²) in [6.45, 7) is 10.8. The molecule has 0 aliphatic carbocycles. The van der Waals surface area contributed by atoms with Crippen molar-refractivity contribution in [2.45, 2.75) is 58.6 Å². The van der Waals surface area contributed by atoms with Crippen molar-refractivity contribution in [3.05, 3.63) is 35.4 Å². The third kappa shape index (κ3) is 4.07. The maximum atomic E-state index is 6.07. The lowest BCUT2D eigenvalue weighted by molar-refractivity contribution is -0.0282. The van der Waals surface area contributed by atoms with Crippen molar-refractivity contribution in [1.82, 2.24) is 5.32 Å². The Balaban J connectivity index is 2.06. The van der Waals surface area contributed by atoms with Gasteiger partial charge in [0.25, 0.3) is 0 Å². The molecule has 0 amide bonds. The Bertz CT molecular complexity index is 396. The van der Waals surface area contributed by atoms with Gasteiger partial charge < -0.3 is 10.1 Å². The summed E-state index contributed by atoms with van der Waals surface area (Å²) in [7, 11) is 0. The van der Waals surface area contributed by atoms with Crippen LogP contribution < -0.4 is 5.32 Å². The Labute approximate surface area is 123 Å². The second kappa shape index (κ2) is 7.24. The van der Waals surface area contributed by atoms with E-state index in [-0.39, 0.29) is 6.10 Å². The van der Waals surface area contributed by atoms with E-state index in [1.165, 1.54) is 24.0 Å². The first-order valence-corrected chi connectivity index (χ1v) is 8.02. The van der Waals surface area contributed by atoms with E-state index in [2.05, 4.69) is 57.3 Å². The van der Waals surface area contributed by atoms with E-state index in [4.69, 9.17) is 4.74 Å². The van der Waals surface area contributed by atoms with E-state index in [1.54, 1.807) is 0 Å². The molecule has 20 heavy (non-hydrogen) atoms. The Kier molecular flexibility index (Phi) is 5.62. The molecule has 1 saturated heterocycles. The minimum atomic E-state index is 0.260. The number of rotatable bonds is 5. The molecule has 1 aliphatic rings. The van der Waals surface area contributed by atoms with E-state index < -0.39 is 0 Å². The summed E-state index contributed by atoms with van der Waals surface area (Å²) in [5, 5.41) is 3.56. The monoisotopic (exact) mass is 275 g/mol. The van der Waals surface area contributed by atoms with E-state index in [9.17, 15) is 0 Å². The average molecular weight is 275 g/mol. The molecule has 0 bridgehead atoms. The Morgan fingerprint density at radius 3 is 2.45 bits per heavy atom. The third-order valence-electron chi connectivity index (χ3n) is 4.16. The fourth-order valence-corrected chi connectivity index (χ4v) is 2.88. The average Bonchev–Trinajstić information content (AvgIpc) is 2.45. The largest absolute Gasteiger partial charge is 0.373 e. The Morgan fingerprint density at radius 2 is 1.85 bits per heavy atom. The van der Waals surface area contributed by atoms with E-state index >= 15 is 0 Å². The summed E-state index contributed by atoms with van der Waals surface area (Å²) in [5.74, 6) is 1.19. The van der Waals surface area contributed by atoms with Gasteiger partial charge in [0, 0.05) is 25.1 Å². The highest BCUT2D eigenvalue weighted by molar-refractivity contribution is 5.26. The molecule has 0 saturated carbocycles. The smallest absolute Gasteiger partial charge is 0.0865 e. The molecular formula is C18H29NO. The first kappa shape index (κ1) is 15.5. The molecule has 1 aromatic carbocycles. The molecule has 2 rings (SSSR count). The molecule has 2 nitrogen and oxygen atoms in total. The fraction of sp³-hybridized carbons (Fsp3) is 0.667. The SMILES string of the molecule is CC(C)NCC1CCCOC1c1ccc(C(C)C)cc1. The van der Waals surface area contributed by atoms with Crippen LogP contribution in [0.15, 0.2) is 24.3 Å². The Hall–Kier alpha value is -0.860. The van der Waals surface area contributed by atoms with Gasteiger partial charge in [-0.15, -0.1) is 0 Å². The van der Waals surface area contributed by atoms with Gasteiger partial charge in [-0.2, -0.15) is 0 Å². The predicted octanol–water partition coefficient (Wildman–Crippen LogP) is 4.28. The Morgan fingerprint density at radius 1 is 1.15 bits per heavy atom. The van der Waals surface area contributed by atoms with Crippen LogP contribution in [0.3, 0.4) is 0 Å². The van der Waals surface area contributed by atoms with Crippen LogP contribution in [-0.4, -0.2) is 19.2 Å². The van der Waals surface area contributed by atoms with Crippen LogP contribution in [0.25, 0.3) is 0 Å². The molecule has 0 spiro atoms. The van der Waals surface area contributed by atoms with Crippen LogP contribution in [0.4, 0.5) is 0 Å². The number of nitrogens with one attached hydrogen (secondary N) is 1. The van der Waals surface area contributed by atoms with Crippen molar-refractivity contribution >= 4 is 0 Å². The number of hydrogen-bond acceptors (Lipinski definition) is 2. The highest BCUT2D eigenvalue weighted by Crippen LogP contribution is 2.33. The second-order valence-corrected chi connectivity index (χ2v) is 6.58. The van der Waals surface area contributed by atoms with E-state index in [0.29, 0.717) is 17.9 Å². The van der Waals surface area contributed by atoms with E-state index in [0.717, 1.165) is 13.2 Å². The minimum Gasteiger partial charge on any atom is -0.373 e. The molecule has 1 fully saturated rings. The van der Waals surface area contributed by atoms with Crippen LogP contribution in [0, 0.1) is 5.92 Å². The van der Waals surface area contributed by atoms with Crippen molar-refractivity contribution in [2.75, 3.05) is 13.2 Å². The van der Waals surface area contributed by atoms with Crippen LogP contribution in [-0.2, 0) is 4.74 Å².